The molecule has 0 radical (unpaired) electrons. The Morgan fingerprint density at radius 2 is 2.05 bits per heavy atom. The van der Waals surface area contributed by atoms with Gasteiger partial charge in [-0.25, -0.2) is 0 Å². The molecule has 1 atom stereocenters. The highest BCUT2D eigenvalue weighted by Crippen LogP contribution is 2.27. The van der Waals surface area contributed by atoms with E-state index < -0.39 is 6.04 Å². The van der Waals surface area contributed by atoms with Gasteiger partial charge in [-0.1, -0.05) is 23.2 Å². The van der Waals surface area contributed by atoms with Crippen molar-refractivity contribution >= 4 is 29.1 Å². The standard InChI is InChI=1S/C15H20Cl2N2O/c1-10(18)15(20)19-6-4-11(5-7-19)8-12-9-13(16)2-3-14(12)17/h2-3,9-11H,4-8,18H2,1H3/t10-/m0/s1. The van der Waals surface area contributed by atoms with E-state index in [1.807, 2.05) is 17.0 Å². The van der Waals surface area contributed by atoms with E-state index in [0.717, 1.165) is 42.9 Å². The summed E-state index contributed by atoms with van der Waals surface area (Å²) in [5.74, 6) is 0.590. The van der Waals surface area contributed by atoms with Crippen LogP contribution >= 0.6 is 23.2 Å². The number of carbonyl (C=O) groups is 1. The van der Waals surface area contributed by atoms with Crippen LogP contribution in [0.2, 0.25) is 10.0 Å². The zero-order chi connectivity index (χ0) is 14.7. The maximum atomic E-state index is 11.8. The van der Waals surface area contributed by atoms with Gasteiger partial charge in [0.05, 0.1) is 6.04 Å². The van der Waals surface area contributed by atoms with Gasteiger partial charge in [0.25, 0.3) is 0 Å². The smallest absolute Gasteiger partial charge is 0.239 e. The average molecular weight is 315 g/mol. The largest absolute Gasteiger partial charge is 0.341 e. The Hall–Kier alpha value is -0.770. The number of nitrogens with two attached hydrogens (primary N) is 1. The van der Waals surface area contributed by atoms with E-state index >= 15 is 0 Å². The number of amides is 1. The van der Waals surface area contributed by atoms with Crippen LogP contribution in [-0.2, 0) is 11.2 Å². The van der Waals surface area contributed by atoms with E-state index in [4.69, 9.17) is 28.9 Å². The number of likely N-dealkylation sites (tertiary alicyclic amines) is 1. The van der Waals surface area contributed by atoms with Crippen molar-refractivity contribution in [2.24, 2.45) is 11.7 Å². The Kier molecular flexibility index (Phi) is 5.30. The van der Waals surface area contributed by atoms with Gasteiger partial charge >= 0.3 is 0 Å². The van der Waals surface area contributed by atoms with Crippen LogP contribution in [0.5, 0.6) is 0 Å². The molecule has 0 saturated carbocycles. The molecule has 0 unspecified atom stereocenters. The SMILES string of the molecule is C[C@H](N)C(=O)N1CCC(Cc2cc(Cl)ccc2Cl)CC1. The lowest BCUT2D eigenvalue weighted by atomic mass is 9.90. The first kappa shape index (κ1) is 15.6. The number of hydrogen-bond donors (Lipinski definition) is 1. The lowest BCUT2D eigenvalue weighted by molar-refractivity contribution is -0.133. The first-order chi connectivity index (χ1) is 9.47. The number of carbonyl (C=O) groups excluding carboxylic acids is 1. The van der Waals surface area contributed by atoms with E-state index in [1.165, 1.54) is 0 Å². The summed E-state index contributed by atoms with van der Waals surface area (Å²) in [5, 5.41) is 1.48. The normalized spacial score (nSPS) is 18.1. The Morgan fingerprint density at radius 3 is 2.65 bits per heavy atom. The molecule has 3 nitrogen and oxygen atoms in total. The predicted octanol–water partition coefficient (Wildman–Crippen LogP) is 3.12. The maximum Gasteiger partial charge on any atom is 0.239 e. The first-order valence-electron chi connectivity index (χ1n) is 6.95. The molecule has 1 heterocycles. The van der Waals surface area contributed by atoms with Crippen molar-refractivity contribution in [1.29, 1.82) is 0 Å². The van der Waals surface area contributed by atoms with Crippen LogP contribution in [0.4, 0.5) is 0 Å². The van der Waals surface area contributed by atoms with Gasteiger partial charge < -0.3 is 10.6 Å². The third kappa shape index (κ3) is 3.87. The Labute approximate surface area is 130 Å². The molecule has 1 amide bonds. The number of nitrogens with zero attached hydrogens (tertiary/aromatic N) is 1. The van der Waals surface area contributed by atoms with Crippen LogP contribution in [0.1, 0.15) is 25.3 Å². The van der Waals surface area contributed by atoms with Crippen molar-refractivity contribution in [3.8, 4) is 0 Å². The van der Waals surface area contributed by atoms with E-state index in [0.29, 0.717) is 10.9 Å². The Bertz CT molecular complexity index is 483. The number of hydrogen-bond acceptors (Lipinski definition) is 2. The molecule has 1 fully saturated rings. The molecule has 0 aromatic heterocycles. The third-order valence-electron chi connectivity index (χ3n) is 3.83. The van der Waals surface area contributed by atoms with E-state index in [1.54, 1.807) is 13.0 Å². The van der Waals surface area contributed by atoms with Crippen molar-refractivity contribution in [1.82, 2.24) is 4.90 Å². The van der Waals surface area contributed by atoms with E-state index in [9.17, 15) is 4.79 Å². The molecule has 2 rings (SSSR count). The van der Waals surface area contributed by atoms with Crippen molar-refractivity contribution in [3.05, 3.63) is 33.8 Å². The van der Waals surface area contributed by atoms with Crippen LogP contribution in [0, 0.1) is 5.92 Å². The zero-order valence-electron chi connectivity index (χ0n) is 11.6. The second-order valence-electron chi connectivity index (χ2n) is 5.50. The molecule has 1 aliphatic heterocycles. The minimum absolute atomic E-state index is 0.0456. The summed E-state index contributed by atoms with van der Waals surface area (Å²) in [6, 6.07) is 5.17. The predicted molar refractivity (Wildman–Crippen MR) is 83.1 cm³/mol. The molecule has 1 aromatic carbocycles. The van der Waals surface area contributed by atoms with Crippen molar-refractivity contribution in [3.63, 3.8) is 0 Å². The molecule has 0 bridgehead atoms. The molecule has 2 N–H and O–H groups in total. The second kappa shape index (κ2) is 6.79. The number of piperidine rings is 1. The summed E-state index contributed by atoms with van der Waals surface area (Å²) < 4.78 is 0. The van der Waals surface area contributed by atoms with Crippen molar-refractivity contribution in [2.45, 2.75) is 32.2 Å². The molecule has 0 aliphatic carbocycles. The van der Waals surface area contributed by atoms with Crippen LogP contribution in [0.15, 0.2) is 18.2 Å². The topological polar surface area (TPSA) is 46.3 Å². The molecule has 1 saturated heterocycles. The summed E-state index contributed by atoms with van der Waals surface area (Å²) in [4.78, 5) is 13.7. The monoisotopic (exact) mass is 314 g/mol. The van der Waals surface area contributed by atoms with Gasteiger partial charge in [0.1, 0.15) is 0 Å². The zero-order valence-corrected chi connectivity index (χ0v) is 13.1. The highest BCUT2D eigenvalue weighted by atomic mass is 35.5. The molecule has 20 heavy (non-hydrogen) atoms. The fraction of sp³-hybridized carbons (Fsp3) is 0.533. The van der Waals surface area contributed by atoms with Gasteiger partial charge in [0.2, 0.25) is 5.91 Å². The summed E-state index contributed by atoms with van der Waals surface area (Å²) in [6.07, 6.45) is 2.89. The molecule has 1 aromatic rings. The molecular formula is C15H20Cl2N2O. The minimum atomic E-state index is -0.408. The highest BCUT2D eigenvalue weighted by molar-refractivity contribution is 6.33. The Balaban J connectivity index is 1.91. The summed E-state index contributed by atoms with van der Waals surface area (Å²) >= 11 is 12.2. The van der Waals surface area contributed by atoms with Crippen molar-refractivity contribution in [2.75, 3.05) is 13.1 Å². The maximum absolute atomic E-state index is 11.8. The molecule has 5 heteroatoms. The second-order valence-corrected chi connectivity index (χ2v) is 6.34. The van der Waals surface area contributed by atoms with E-state index in [-0.39, 0.29) is 5.91 Å². The highest BCUT2D eigenvalue weighted by Gasteiger charge is 2.24. The number of benzene rings is 1. The summed E-state index contributed by atoms with van der Waals surface area (Å²) in [7, 11) is 0. The lowest BCUT2D eigenvalue weighted by Gasteiger charge is -2.33. The van der Waals surface area contributed by atoms with Crippen LogP contribution in [0.25, 0.3) is 0 Å². The molecule has 1 aliphatic rings. The summed E-state index contributed by atoms with van der Waals surface area (Å²) in [6.45, 7) is 3.30. The Morgan fingerprint density at radius 1 is 1.40 bits per heavy atom. The quantitative estimate of drug-likeness (QED) is 0.931. The van der Waals surface area contributed by atoms with Crippen LogP contribution < -0.4 is 5.73 Å². The van der Waals surface area contributed by atoms with Crippen LogP contribution in [-0.4, -0.2) is 29.9 Å². The fourth-order valence-corrected chi connectivity index (χ4v) is 3.05. The summed E-state index contributed by atoms with van der Waals surface area (Å²) in [5.41, 5.74) is 6.73. The lowest BCUT2D eigenvalue weighted by Crippen LogP contribution is -2.46. The molecule has 0 spiro atoms. The number of halogens is 2. The van der Waals surface area contributed by atoms with Gasteiger partial charge in [-0.05, 0) is 55.9 Å². The van der Waals surface area contributed by atoms with Gasteiger partial charge in [-0.3, -0.25) is 4.79 Å². The van der Waals surface area contributed by atoms with Gasteiger partial charge in [-0.15, -0.1) is 0 Å². The minimum Gasteiger partial charge on any atom is -0.341 e. The van der Waals surface area contributed by atoms with E-state index in [2.05, 4.69) is 0 Å². The van der Waals surface area contributed by atoms with Crippen LogP contribution in [0.3, 0.4) is 0 Å². The average Bonchev–Trinajstić information content (AvgIpc) is 2.43. The third-order valence-corrected chi connectivity index (χ3v) is 4.44. The fourth-order valence-electron chi connectivity index (χ4n) is 2.66. The first-order valence-corrected chi connectivity index (χ1v) is 7.71. The molecule has 110 valence electrons. The van der Waals surface area contributed by atoms with Gasteiger partial charge in [0, 0.05) is 23.1 Å². The van der Waals surface area contributed by atoms with Gasteiger partial charge in [0.15, 0.2) is 0 Å². The van der Waals surface area contributed by atoms with Crippen molar-refractivity contribution < 1.29 is 4.79 Å². The number of rotatable bonds is 3. The molecular weight excluding hydrogens is 295 g/mol. The van der Waals surface area contributed by atoms with Gasteiger partial charge in [-0.2, -0.15) is 0 Å².